The van der Waals surface area contributed by atoms with Crippen LogP contribution in [0, 0.1) is 5.92 Å². The number of nitrogens with zero attached hydrogens (tertiary/aromatic N) is 1. The number of thioether (sulfide) groups is 1. The third kappa shape index (κ3) is 4.33. The first-order valence-corrected chi connectivity index (χ1v) is 11.6. The minimum absolute atomic E-state index is 0.244. The number of nitrogens with one attached hydrogen (secondary N) is 2. The summed E-state index contributed by atoms with van der Waals surface area (Å²) in [6, 6.07) is 15.2. The Morgan fingerprint density at radius 1 is 1.03 bits per heavy atom. The molecule has 0 saturated heterocycles. The van der Waals surface area contributed by atoms with Gasteiger partial charge in [0.15, 0.2) is 5.69 Å². The van der Waals surface area contributed by atoms with Crippen molar-refractivity contribution in [2.75, 3.05) is 18.1 Å². The number of rotatable bonds is 7. The molecule has 3 aromatic rings. The molecule has 2 N–H and O–H groups in total. The van der Waals surface area contributed by atoms with Gasteiger partial charge in [0.2, 0.25) is 0 Å². The molecule has 1 aromatic heterocycles. The summed E-state index contributed by atoms with van der Waals surface area (Å²) >= 11 is 1.75. The van der Waals surface area contributed by atoms with E-state index in [9.17, 15) is 9.59 Å². The molecule has 0 aliphatic heterocycles. The molecule has 2 aromatic carbocycles. The lowest BCUT2D eigenvalue weighted by molar-refractivity contribution is 0.0935. The first-order valence-electron chi connectivity index (χ1n) is 10.2. The number of hydrogen-bond acceptors (Lipinski definition) is 4. The first kappa shape index (κ1) is 20.4. The minimum atomic E-state index is -0.252. The van der Waals surface area contributed by atoms with Crippen LogP contribution in [0.5, 0.6) is 0 Å². The Labute approximate surface area is 180 Å². The van der Waals surface area contributed by atoms with E-state index in [1.54, 1.807) is 30.1 Å². The third-order valence-electron chi connectivity index (χ3n) is 5.61. The molecular weight excluding hydrogens is 394 g/mol. The van der Waals surface area contributed by atoms with Gasteiger partial charge in [-0.05, 0) is 59.6 Å². The fourth-order valence-corrected chi connectivity index (χ4v) is 4.30. The number of carbonyl (C=O) groups excluding carboxylic acids is 2. The van der Waals surface area contributed by atoms with Gasteiger partial charge in [-0.2, -0.15) is 11.8 Å². The molecule has 1 saturated carbocycles. The highest BCUT2D eigenvalue weighted by molar-refractivity contribution is 7.97. The van der Waals surface area contributed by atoms with Gasteiger partial charge < -0.3 is 10.6 Å². The van der Waals surface area contributed by atoms with Gasteiger partial charge in [0.25, 0.3) is 11.8 Å². The van der Waals surface area contributed by atoms with Crippen LogP contribution in [-0.2, 0) is 5.75 Å². The molecule has 0 radical (unpaired) electrons. The van der Waals surface area contributed by atoms with Gasteiger partial charge in [0.1, 0.15) is 0 Å². The van der Waals surface area contributed by atoms with Crippen molar-refractivity contribution in [1.29, 1.82) is 0 Å². The van der Waals surface area contributed by atoms with Crippen LogP contribution < -0.4 is 10.6 Å². The van der Waals surface area contributed by atoms with Crippen LogP contribution in [0.25, 0.3) is 10.8 Å². The van der Waals surface area contributed by atoms with E-state index >= 15 is 0 Å². The molecule has 154 valence electrons. The van der Waals surface area contributed by atoms with Crippen LogP contribution >= 0.6 is 11.8 Å². The van der Waals surface area contributed by atoms with Gasteiger partial charge >= 0.3 is 0 Å². The second-order valence-corrected chi connectivity index (χ2v) is 8.48. The molecule has 0 unspecified atom stereocenters. The van der Waals surface area contributed by atoms with Crippen LogP contribution in [0.15, 0.2) is 54.7 Å². The van der Waals surface area contributed by atoms with E-state index in [1.807, 2.05) is 36.4 Å². The normalized spacial score (nSPS) is 13.6. The van der Waals surface area contributed by atoms with Crippen LogP contribution in [0.4, 0.5) is 5.69 Å². The Bertz CT molecular complexity index is 1080. The molecule has 1 aliphatic carbocycles. The average Bonchev–Trinajstić information content (AvgIpc) is 2.73. The molecule has 1 heterocycles. The Hall–Kier alpha value is -2.86. The lowest BCUT2D eigenvalue weighted by Gasteiger charge is -2.25. The third-order valence-corrected chi connectivity index (χ3v) is 6.21. The number of hydrogen-bond donors (Lipinski definition) is 2. The number of amides is 2. The summed E-state index contributed by atoms with van der Waals surface area (Å²) in [4.78, 5) is 30.0. The fourth-order valence-electron chi connectivity index (χ4n) is 3.74. The molecule has 4 rings (SSSR count). The quantitative estimate of drug-likeness (QED) is 0.573. The first-order chi connectivity index (χ1) is 14.7. The topological polar surface area (TPSA) is 71.1 Å². The molecule has 1 aliphatic rings. The van der Waals surface area contributed by atoms with E-state index < -0.39 is 0 Å². The van der Waals surface area contributed by atoms with Crippen molar-refractivity contribution in [1.82, 2.24) is 10.3 Å². The summed E-state index contributed by atoms with van der Waals surface area (Å²) in [5, 5.41) is 7.83. The van der Waals surface area contributed by atoms with Gasteiger partial charge in [-0.25, -0.2) is 4.98 Å². The largest absolute Gasteiger partial charge is 0.350 e. The van der Waals surface area contributed by atoms with Crippen molar-refractivity contribution < 1.29 is 9.59 Å². The second-order valence-electron chi connectivity index (χ2n) is 7.61. The maximum atomic E-state index is 13.1. The summed E-state index contributed by atoms with van der Waals surface area (Å²) in [7, 11) is 0. The van der Waals surface area contributed by atoms with Gasteiger partial charge in [-0.15, -0.1) is 0 Å². The average molecular weight is 420 g/mol. The van der Waals surface area contributed by atoms with Crippen molar-refractivity contribution in [2.45, 2.75) is 25.0 Å². The standard InChI is InChI=1S/C24H25N3O2S/c1-30-15-17-11-12-20(19-9-3-2-8-18(17)19)23(28)27-21-10-5-13-25-22(21)24(29)26-14-16-6-4-7-16/h2-3,5,8-13,16H,4,6-7,14-15H2,1H3,(H,26,29)(H,27,28). The van der Waals surface area contributed by atoms with E-state index in [1.165, 1.54) is 12.0 Å². The van der Waals surface area contributed by atoms with Gasteiger partial charge in [-0.3, -0.25) is 9.59 Å². The minimum Gasteiger partial charge on any atom is -0.350 e. The predicted octanol–water partition coefficient (Wildman–Crippen LogP) is 4.88. The van der Waals surface area contributed by atoms with Gasteiger partial charge in [-0.1, -0.05) is 36.8 Å². The summed E-state index contributed by atoms with van der Waals surface area (Å²) < 4.78 is 0. The Kier molecular flexibility index (Phi) is 6.33. The summed E-state index contributed by atoms with van der Waals surface area (Å²) in [5.74, 6) is 0.943. The molecule has 30 heavy (non-hydrogen) atoms. The van der Waals surface area contributed by atoms with E-state index in [0.29, 0.717) is 23.7 Å². The van der Waals surface area contributed by atoms with Gasteiger partial charge in [0.05, 0.1) is 5.69 Å². The Morgan fingerprint density at radius 3 is 2.57 bits per heavy atom. The lowest BCUT2D eigenvalue weighted by Crippen LogP contribution is -2.33. The van der Waals surface area contributed by atoms with Crippen molar-refractivity contribution >= 4 is 40.0 Å². The van der Waals surface area contributed by atoms with E-state index in [-0.39, 0.29) is 17.5 Å². The van der Waals surface area contributed by atoms with Crippen molar-refractivity contribution in [3.63, 3.8) is 0 Å². The Morgan fingerprint density at radius 2 is 1.83 bits per heavy atom. The number of pyridine rings is 1. The highest BCUT2D eigenvalue weighted by Gasteiger charge is 2.21. The van der Waals surface area contributed by atoms with Crippen LogP contribution in [0.3, 0.4) is 0 Å². The van der Waals surface area contributed by atoms with Crippen molar-refractivity contribution in [3.05, 3.63) is 71.5 Å². The van der Waals surface area contributed by atoms with E-state index in [0.717, 1.165) is 29.4 Å². The second kappa shape index (κ2) is 9.30. The van der Waals surface area contributed by atoms with Crippen LogP contribution in [0.1, 0.15) is 45.7 Å². The molecule has 0 bridgehead atoms. The maximum absolute atomic E-state index is 13.1. The van der Waals surface area contributed by atoms with Crippen molar-refractivity contribution in [3.8, 4) is 0 Å². The van der Waals surface area contributed by atoms with E-state index in [4.69, 9.17) is 0 Å². The fraction of sp³-hybridized carbons (Fsp3) is 0.292. The number of benzene rings is 2. The molecule has 0 atom stereocenters. The zero-order chi connectivity index (χ0) is 20.9. The highest BCUT2D eigenvalue weighted by Crippen LogP contribution is 2.27. The van der Waals surface area contributed by atoms with Crippen molar-refractivity contribution in [2.24, 2.45) is 5.92 Å². The monoisotopic (exact) mass is 419 g/mol. The summed E-state index contributed by atoms with van der Waals surface area (Å²) in [5.41, 5.74) is 2.45. The molecule has 5 nitrogen and oxygen atoms in total. The number of anilines is 1. The number of carbonyl (C=O) groups is 2. The molecule has 2 amide bonds. The SMILES string of the molecule is CSCc1ccc(C(=O)Nc2cccnc2C(=O)NCC2CCC2)c2ccccc12. The summed E-state index contributed by atoms with van der Waals surface area (Å²) in [6.45, 7) is 0.657. The van der Waals surface area contributed by atoms with E-state index in [2.05, 4.69) is 21.9 Å². The number of aromatic nitrogens is 1. The van der Waals surface area contributed by atoms with Crippen LogP contribution in [0.2, 0.25) is 0 Å². The molecule has 6 heteroatoms. The number of fused-ring (bicyclic) bond motifs is 1. The molecular formula is C24H25N3O2S. The Balaban J connectivity index is 1.57. The zero-order valence-corrected chi connectivity index (χ0v) is 17.8. The van der Waals surface area contributed by atoms with Gasteiger partial charge in [0, 0.05) is 24.1 Å². The molecule has 0 spiro atoms. The zero-order valence-electron chi connectivity index (χ0n) is 17.0. The highest BCUT2D eigenvalue weighted by atomic mass is 32.2. The maximum Gasteiger partial charge on any atom is 0.272 e. The summed E-state index contributed by atoms with van der Waals surface area (Å²) in [6.07, 6.45) is 7.18. The molecule has 1 fully saturated rings. The van der Waals surface area contributed by atoms with Crippen LogP contribution in [-0.4, -0.2) is 29.6 Å². The lowest BCUT2D eigenvalue weighted by atomic mass is 9.85. The predicted molar refractivity (Wildman–Crippen MR) is 123 cm³/mol. The smallest absolute Gasteiger partial charge is 0.272 e.